The summed E-state index contributed by atoms with van der Waals surface area (Å²) in [4.78, 5) is 0. The summed E-state index contributed by atoms with van der Waals surface area (Å²) in [7, 11) is 0. The normalized spacial score (nSPS) is 38.5. The van der Waals surface area contributed by atoms with E-state index in [9.17, 15) is 0 Å². The third-order valence-corrected chi connectivity index (χ3v) is 2.46. The second kappa shape index (κ2) is 6.89. The molecule has 18 heavy (non-hydrogen) atoms. The van der Waals surface area contributed by atoms with Crippen LogP contribution in [-0.4, -0.2) is 66.9 Å². The largest absolute Gasteiger partial charge is 0.394 e. The third-order valence-electron chi connectivity index (χ3n) is 2.27. The summed E-state index contributed by atoms with van der Waals surface area (Å²) in [5.74, 6) is 0. The first-order chi connectivity index (χ1) is 8.47. The molecule has 10 heteroatoms. The Morgan fingerprint density at radius 2 is 1.83 bits per heavy atom. The molecule has 1 saturated heterocycles. The maximum atomic E-state index is 9.12. The highest BCUT2D eigenvalue weighted by Crippen LogP contribution is 2.18. The fraction of sp³-hybridized carbons (Fsp3) is 0.750. The molecule has 0 radical (unpaired) electrons. The van der Waals surface area contributed by atoms with Gasteiger partial charge in [-0.25, -0.2) is 0 Å². The number of hydrogen-bond acceptors (Lipinski definition) is 8. The first-order valence-electron chi connectivity index (χ1n) is 4.99. The lowest BCUT2D eigenvalue weighted by Crippen LogP contribution is -2.58. The summed E-state index contributed by atoms with van der Waals surface area (Å²) in [5, 5.41) is 51.5. The molecule has 1 unspecified atom stereocenters. The Kier molecular flexibility index (Phi) is 5.81. The zero-order valence-corrected chi connectivity index (χ0v) is 9.96. The molecule has 0 bridgehead atoms. The van der Waals surface area contributed by atoms with Crippen LogP contribution in [0, 0.1) is 0 Å². The van der Waals surface area contributed by atoms with Crippen molar-refractivity contribution in [3.05, 3.63) is 12.4 Å². The molecule has 0 aliphatic carbocycles. The molecule has 0 spiro atoms. The average Bonchev–Trinajstić information content (AvgIpc) is 2.83. The molecule has 5 atom stereocenters. The van der Waals surface area contributed by atoms with Gasteiger partial charge < -0.3 is 30.3 Å². The van der Waals surface area contributed by atoms with Crippen molar-refractivity contribution in [2.24, 2.45) is 10.3 Å². The second-order valence-electron chi connectivity index (χ2n) is 3.53. The number of rotatable bonds is 1. The summed E-state index contributed by atoms with van der Waals surface area (Å²) in [6.07, 6.45) is -3.91. The van der Waals surface area contributed by atoms with Gasteiger partial charge in [-0.2, -0.15) is 0 Å². The van der Waals surface area contributed by atoms with Crippen LogP contribution >= 0.6 is 0 Å². The van der Waals surface area contributed by atoms with Crippen molar-refractivity contribution in [2.75, 3.05) is 6.61 Å². The van der Waals surface area contributed by atoms with Crippen LogP contribution in [0.2, 0.25) is 0 Å². The number of aliphatic hydroxyl groups excluding tert-OH is 5. The number of nitrogens with zero attached hydrogens (tertiary/aromatic N) is 3. The lowest BCUT2D eigenvalue weighted by molar-refractivity contribution is -0.432. The van der Waals surface area contributed by atoms with Crippen molar-refractivity contribution in [3.8, 4) is 0 Å². The molecule has 102 valence electrons. The minimum absolute atomic E-state index is 0.526. The SMILES string of the molecule is OC[C@H]1OC(O)[C@H](O)[C@@H](O)[C@H]1O.S=[N+]1C=CN=N1. The minimum Gasteiger partial charge on any atom is -0.394 e. The van der Waals surface area contributed by atoms with Gasteiger partial charge in [0.15, 0.2) is 30.1 Å². The molecule has 2 heterocycles. The smallest absolute Gasteiger partial charge is 0.210 e. The Morgan fingerprint density at radius 1 is 1.17 bits per heavy atom. The second-order valence-corrected chi connectivity index (χ2v) is 3.90. The Hall–Kier alpha value is -0.880. The van der Waals surface area contributed by atoms with Gasteiger partial charge in [0.2, 0.25) is 6.20 Å². The highest BCUT2D eigenvalue weighted by atomic mass is 32.1. The van der Waals surface area contributed by atoms with E-state index < -0.39 is 37.3 Å². The monoisotopic (exact) mass is 280 g/mol. The van der Waals surface area contributed by atoms with Crippen molar-refractivity contribution >= 4 is 12.4 Å². The maximum absolute atomic E-state index is 9.12. The van der Waals surface area contributed by atoms with Crippen LogP contribution in [0.5, 0.6) is 0 Å². The molecule has 0 amide bonds. The molecule has 2 aliphatic rings. The predicted molar refractivity (Wildman–Crippen MR) is 57.6 cm³/mol. The fourth-order valence-corrected chi connectivity index (χ4v) is 1.38. The van der Waals surface area contributed by atoms with Gasteiger partial charge in [0.25, 0.3) is 0 Å². The Bertz CT molecular complexity index is 333. The highest BCUT2D eigenvalue weighted by Gasteiger charge is 2.42. The van der Waals surface area contributed by atoms with E-state index in [1.165, 1.54) is 10.3 Å². The summed E-state index contributed by atoms with van der Waals surface area (Å²) in [6, 6.07) is 0. The summed E-state index contributed by atoms with van der Waals surface area (Å²) in [6.45, 7) is -0.526. The highest BCUT2D eigenvalue weighted by molar-refractivity contribution is 7.44. The molecular formula is C8H14N3O6S+. The van der Waals surface area contributed by atoms with E-state index in [2.05, 4.69) is 27.5 Å². The summed E-state index contributed by atoms with van der Waals surface area (Å²) < 4.78 is 5.80. The van der Waals surface area contributed by atoms with Crippen LogP contribution in [0.25, 0.3) is 0 Å². The van der Waals surface area contributed by atoms with Crippen LogP contribution in [-0.2, 0) is 17.2 Å². The third kappa shape index (κ3) is 3.81. The topological polar surface area (TPSA) is 138 Å². The molecule has 2 rings (SSSR count). The van der Waals surface area contributed by atoms with Crippen molar-refractivity contribution in [1.82, 2.24) is 0 Å². The number of aliphatic hydroxyl groups is 5. The summed E-state index contributed by atoms with van der Waals surface area (Å²) in [5.41, 5.74) is 0. The predicted octanol–water partition coefficient (Wildman–Crippen LogP) is -2.64. The zero-order valence-electron chi connectivity index (χ0n) is 9.14. The van der Waals surface area contributed by atoms with Gasteiger partial charge in [0.05, 0.1) is 11.7 Å². The van der Waals surface area contributed by atoms with Crippen LogP contribution in [0.3, 0.4) is 0 Å². The quantitative estimate of drug-likeness (QED) is 0.331. The molecule has 2 aliphatic heterocycles. The van der Waals surface area contributed by atoms with Gasteiger partial charge >= 0.3 is 0 Å². The summed E-state index contributed by atoms with van der Waals surface area (Å²) >= 11 is 4.49. The zero-order chi connectivity index (χ0) is 13.7. The van der Waals surface area contributed by atoms with Crippen LogP contribution in [0.15, 0.2) is 22.7 Å². The first kappa shape index (κ1) is 15.2. The van der Waals surface area contributed by atoms with E-state index in [4.69, 9.17) is 25.5 Å². The van der Waals surface area contributed by atoms with E-state index in [0.29, 0.717) is 0 Å². The number of ether oxygens (including phenoxy) is 1. The van der Waals surface area contributed by atoms with Crippen molar-refractivity contribution in [1.29, 1.82) is 0 Å². The molecule has 0 aromatic rings. The Morgan fingerprint density at radius 3 is 2.22 bits per heavy atom. The van der Waals surface area contributed by atoms with Gasteiger partial charge in [0.1, 0.15) is 24.4 Å². The van der Waals surface area contributed by atoms with Gasteiger partial charge in [-0.15, -0.1) is 0 Å². The molecule has 0 saturated carbocycles. The van der Waals surface area contributed by atoms with E-state index in [1.54, 1.807) is 6.20 Å². The van der Waals surface area contributed by atoms with Crippen molar-refractivity contribution in [3.63, 3.8) is 0 Å². The van der Waals surface area contributed by atoms with E-state index in [1.807, 2.05) is 0 Å². The number of hydrogen-bond donors (Lipinski definition) is 5. The van der Waals surface area contributed by atoms with Gasteiger partial charge in [-0.3, -0.25) is 0 Å². The molecular weight excluding hydrogens is 266 g/mol. The molecule has 0 aromatic heterocycles. The molecule has 0 aromatic carbocycles. The molecule has 5 N–H and O–H groups in total. The van der Waals surface area contributed by atoms with Gasteiger partial charge in [-0.1, -0.05) is 0 Å². The lowest BCUT2D eigenvalue weighted by atomic mass is 10.00. The Balaban J connectivity index is 0.000000225. The van der Waals surface area contributed by atoms with Crippen LogP contribution < -0.4 is 0 Å². The average molecular weight is 280 g/mol. The maximum Gasteiger partial charge on any atom is 0.210 e. The van der Waals surface area contributed by atoms with Gasteiger partial charge in [-0.05, 0) is 4.05 Å². The van der Waals surface area contributed by atoms with Gasteiger partial charge in [0, 0.05) is 0 Å². The Labute approximate surface area is 107 Å². The lowest BCUT2D eigenvalue weighted by Gasteiger charge is -2.37. The molecule has 1 fully saturated rings. The fourth-order valence-electron chi connectivity index (χ4n) is 1.28. The molecule has 9 nitrogen and oxygen atoms in total. The van der Waals surface area contributed by atoms with Crippen LogP contribution in [0.4, 0.5) is 0 Å². The first-order valence-corrected chi connectivity index (χ1v) is 5.36. The van der Waals surface area contributed by atoms with E-state index >= 15 is 0 Å². The minimum atomic E-state index is -1.57. The van der Waals surface area contributed by atoms with Crippen molar-refractivity contribution in [2.45, 2.75) is 30.7 Å². The van der Waals surface area contributed by atoms with E-state index in [-0.39, 0.29) is 0 Å². The van der Waals surface area contributed by atoms with E-state index in [0.717, 1.165) is 0 Å². The van der Waals surface area contributed by atoms with Crippen molar-refractivity contribution < 1.29 is 34.3 Å². The van der Waals surface area contributed by atoms with Crippen LogP contribution in [0.1, 0.15) is 0 Å². The standard InChI is InChI=1S/C6H12O6.C2H2N3S/c7-1-2-3(8)4(9)5(10)6(11)12-2;6-5-2-1-3-4-5/h2-11H,1H2;1-2H/q;+1/t2-,3+,4+,5-,6?;/m1./s1.